The molecule has 6 heteroatoms. The van der Waals surface area contributed by atoms with Crippen LogP contribution >= 0.6 is 0 Å². The van der Waals surface area contributed by atoms with Crippen LogP contribution in [0.4, 0.5) is 10.3 Å². The van der Waals surface area contributed by atoms with Crippen LogP contribution in [0.2, 0.25) is 0 Å². The fraction of sp³-hybridized carbons (Fsp3) is 0.789. The Kier molecular flexibility index (Phi) is 4.91. The van der Waals surface area contributed by atoms with Crippen molar-refractivity contribution in [3.63, 3.8) is 0 Å². The van der Waals surface area contributed by atoms with Gasteiger partial charge in [-0.25, -0.2) is 14.4 Å². The van der Waals surface area contributed by atoms with Gasteiger partial charge in [-0.15, -0.1) is 0 Å². The largest absolute Gasteiger partial charge is 0.380 e. The molecule has 4 rings (SSSR count). The lowest BCUT2D eigenvalue weighted by Crippen LogP contribution is -2.55. The Morgan fingerprint density at radius 3 is 2.52 bits per heavy atom. The number of likely N-dealkylation sites (tertiary alicyclic amines) is 1. The molecular formula is C19H29FN4O. The zero-order valence-corrected chi connectivity index (χ0v) is 15.2. The fourth-order valence-corrected chi connectivity index (χ4v) is 4.60. The van der Waals surface area contributed by atoms with Crippen molar-refractivity contribution in [2.45, 2.75) is 57.0 Å². The molecule has 0 radical (unpaired) electrons. The van der Waals surface area contributed by atoms with Gasteiger partial charge in [0.1, 0.15) is 0 Å². The lowest BCUT2D eigenvalue weighted by atomic mass is 9.85. The summed E-state index contributed by atoms with van der Waals surface area (Å²) < 4.78 is 18.8. The van der Waals surface area contributed by atoms with E-state index in [1.54, 1.807) is 0 Å². The van der Waals surface area contributed by atoms with Crippen molar-refractivity contribution in [1.82, 2.24) is 14.9 Å². The predicted octanol–water partition coefficient (Wildman–Crippen LogP) is 2.87. The first-order valence-corrected chi connectivity index (χ1v) is 9.77. The van der Waals surface area contributed by atoms with Crippen molar-refractivity contribution < 1.29 is 9.13 Å². The molecule has 1 spiro atoms. The molecule has 1 aromatic heterocycles. The Bertz CT molecular complexity index is 569. The van der Waals surface area contributed by atoms with Crippen LogP contribution in [0, 0.1) is 11.7 Å². The van der Waals surface area contributed by atoms with Crippen LogP contribution in [-0.4, -0.2) is 59.3 Å². The van der Waals surface area contributed by atoms with Gasteiger partial charge in [0, 0.05) is 37.8 Å². The molecule has 3 heterocycles. The van der Waals surface area contributed by atoms with E-state index in [0.717, 1.165) is 45.1 Å². The summed E-state index contributed by atoms with van der Waals surface area (Å²) in [5.41, 5.74) is 0.320. The van der Waals surface area contributed by atoms with Gasteiger partial charge in [0.05, 0.1) is 19.0 Å². The van der Waals surface area contributed by atoms with Gasteiger partial charge in [-0.2, -0.15) is 0 Å². The van der Waals surface area contributed by atoms with Crippen molar-refractivity contribution in [3.8, 4) is 0 Å². The second kappa shape index (κ2) is 7.16. The van der Waals surface area contributed by atoms with Crippen LogP contribution in [0.15, 0.2) is 12.4 Å². The molecule has 0 N–H and O–H groups in total. The molecule has 0 amide bonds. The summed E-state index contributed by atoms with van der Waals surface area (Å²) in [7, 11) is 0. The predicted molar refractivity (Wildman–Crippen MR) is 95.1 cm³/mol. The summed E-state index contributed by atoms with van der Waals surface area (Å²) in [6.45, 7) is 6.90. The highest BCUT2D eigenvalue weighted by atomic mass is 19.1. The highest BCUT2D eigenvalue weighted by Crippen LogP contribution is 2.45. The summed E-state index contributed by atoms with van der Waals surface area (Å²) in [6, 6.07) is 0.578. The van der Waals surface area contributed by atoms with Crippen molar-refractivity contribution in [2.24, 2.45) is 5.92 Å². The number of piperidine rings is 1. The van der Waals surface area contributed by atoms with Gasteiger partial charge >= 0.3 is 0 Å². The van der Waals surface area contributed by atoms with Crippen LogP contribution in [0.3, 0.4) is 0 Å². The van der Waals surface area contributed by atoms with E-state index in [-0.39, 0.29) is 5.82 Å². The molecule has 1 atom stereocenters. The smallest absolute Gasteiger partial charge is 0.225 e. The minimum absolute atomic E-state index is 0.320. The van der Waals surface area contributed by atoms with E-state index in [0.29, 0.717) is 17.5 Å². The zero-order valence-electron chi connectivity index (χ0n) is 15.2. The maximum absolute atomic E-state index is 13.1. The van der Waals surface area contributed by atoms with Crippen molar-refractivity contribution >= 4 is 5.95 Å². The molecule has 3 aliphatic rings. The van der Waals surface area contributed by atoms with Gasteiger partial charge in [-0.3, -0.25) is 4.90 Å². The topological polar surface area (TPSA) is 41.5 Å². The third-order valence-corrected chi connectivity index (χ3v) is 6.24. The van der Waals surface area contributed by atoms with E-state index in [2.05, 4.69) is 26.7 Å². The summed E-state index contributed by atoms with van der Waals surface area (Å²) in [6.07, 6.45) is 10.1. The van der Waals surface area contributed by atoms with E-state index in [9.17, 15) is 4.39 Å². The molecule has 2 aliphatic heterocycles. The first kappa shape index (κ1) is 17.2. The van der Waals surface area contributed by atoms with E-state index < -0.39 is 0 Å². The molecule has 5 nitrogen and oxygen atoms in total. The number of anilines is 1. The SMILES string of the molecule is CCOCC1CCC2(CCN(c3ncc(F)cn3)CC2)N1CC1CC1. The summed E-state index contributed by atoms with van der Waals surface area (Å²) >= 11 is 0. The molecule has 1 aromatic rings. The van der Waals surface area contributed by atoms with Gasteiger partial charge in [0.15, 0.2) is 5.82 Å². The molecule has 0 bridgehead atoms. The van der Waals surface area contributed by atoms with Crippen LogP contribution in [0.25, 0.3) is 0 Å². The van der Waals surface area contributed by atoms with Gasteiger partial charge < -0.3 is 9.64 Å². The molecule has 1 saturated carbocycles. The summed E-state index contributed by atoms with van der Waals surface area (Å²) in [5, 5.41) is 0. The second-order valence-electron chi connectivity index (χ2n) is 7.86. The molecule has 138 valence electrons. The van der Waals surface area contributed by atoms with E-state index in [1.807, 2.05) is 0 Å². The fourth-order valence-electron chi connectivity index (χ4n) is 4.60. The molecular weight excluding hydrogens is 319 g/mol. The van der Waals surface area contributed by atoms with E-state index >= 15 is 0 Å². The Hall–Kier alpha value is -1.27. The van der Waals surface area contributed by atoms with Crippen LogP contribution in [0.5, 0.6) is 0 Å². The molecule has 1 aliphatic carbocycles. The lowest BCUT2D eigenvalue weighted by molar-refractivity contribution is 0.0237. The number of rotatable bonds is 6. The monoisotopic (exact) mass is 348 g/mol. The standard InChI is InChI=1S/C19H29FN4O/c1-2-25-14-17-5-6-19(24(17)13-15-3-4-15)7-9-23(10-8-19)18-21-11-16(20)12-22-18/h11-12,15,17H,2-10,13-14H2,1H3. The Labute approximate surface area is 149 Å². The van der Waals surface area contributed by atoms with Gasteiger partial charge in [0.2, 0.25) is 5.95 Å². The first-order chi connectivity index (χ1) is 12.2. The number of nitrogens with zero attached hydrogens (tertiary/aromatic N) is 4. The second-order valence-corrected chi connectivity index (χ2v) is 7.86. The number of ether oxygens (including phenoxy) is 1. The summed E-state index contributed by atoms with van der Waals surface area (Å²) in [5.74, 6) is 1.19. The molecule has 2 saturated heterocycles. The van der Waals surface area contributed by atoms with E-state index in [4.69, 9.17) is 4.74 Å². The van der Waals surface area contributed by atoms with Crippen molar-refractivity contribution in [3.05, 3.63) is 18.2 Å². The maximum Gasteiger partial charge on any atom is 0.225 e. The molecule has 3 fully saturated rings. The zero-order chi connectivity index (χ0) is 17.3. The van der Waals surface area contributed by atoms with Gasteiger partial charge in [-0.05, 0) is 51.4 Å². The third-order valence-electron chi connectivity index (χ3n) is 6.24. The average Bonchev–Trinajstić information content (AvgIpc) is 3.40. The Morgan fingerprint density at radius 2 is 1.88 bits per heavy atom. The van der Waals surface area contributed by atoms with Crippen molar-refractivity contribution in [1.29, 1.82) is 0 Å². The van der Waals surface area contributed by atoms with Crippen molar-refractivity contribution in [2.75, 3.05) is 37.7 Å². The number of halogens is 1. The first-order valence-electron chi connectivity index (χ1n) is 9.77. The lowest BCUT2D eigenvalue weighted by Gasteiger charge is -2.46. The molecule has 1 unspecified atom stereocenters. The highest BCUT2D eigenvalue weighted by Gasteiger charge is 2.49. The summed E-state index contributed by atoms with van der Waals surface area (Å²) in [4.78, 5) is 13.3. The number of aromatic nitrogens is 2. The Morgan fingerprint density at radius 1 is 1.16 bits per heavy atom. The van der Waals surface area contributed by atoms with Gasteiger partial charge in [-0.1, -0.05) is 0 Å². The third kappa shape index (κ3) is 3.65. The minimum Gasteiger partial charge on any atom is -0.380 e. The maximum atomic E-state index is 13.1. The van der Waals surface area contributed by atoms with Crippen LogP contribution < -0.4 is 4.90 Å². The van der Waals surface area contributed by atoms with Crippen LogP contribution in [0.1, 0.15) is 45.4 Å². The quantitative estimate of drug-likeness (QED) is 0.791. The minimum atomic E-state index is -0.373. The number of hydrogen-bond donors (Lipinski definition) is 0. The Balaban J connectivity index is 1.43. The van der Waals surface area contributed by atoms with Gasteiger partial charge in [0.25, 0.3) is 0 Å². The van der Waals surface area contributed by atoms with E-state index in [1.165, 1.54) is 44.6 Å². The van der Waals surface area contributed by atoms with Crippen LogP contribution in [-0.2, 0) is 4.74 Å². The molecule has 25 heavy (non-hydrogen) atoms. The highest BCUT2D eigenvalue weighted by molar-refractivity contribution is 5.30. The average molecular weight is 348 g/mol. The normalized spacial score (nSPS) is 26.5. The number of hydrogen-bond acceptors (Lipinski definition) is 5. The molecule has 0 aromatic carbocycles.